The van der Waals surface area contributed by atoms with Crippen molar-refractivity contribution in [1.82, 2.24) is 15.2 Å². The van der Waals surface area contributed by atoms with Gasteiger partial charge in [-0.05, 0) is 18.9 Å². The van der Waals surface area contributed by atoms with Crippen LogP contribution in [-0.2, 0) is 9.53 Å². The molecule has 2 amide bonds. The predicted octanol–water partition coefficient (Wildman–Crippen LogP) is 2.04. The fourth-order valence-electron chi connectivity index (χ4n) is 3.10. The molecular weight excluding hydrogens is 358 g/mol. The van der Waals surface area contributed by atoms with Crippen LogP contribution in [0.3, 0.4) is 0 Å². The molecule has 2 aliphatic rings. The second-order valence-electron chi connectivity index (χ2n) is 6.53. The monoisotopic (exact) mass is 381 g/mol. The Kier molecular flexibility index (Phi) is 6.68. The maximum absolute atomic E-state index is 12.2. The number of hydrogen-bond acceptors (Lipinski definition) is 5. The van der Waals surface area contributed by atoms with Gasteiger partial charge in [-0.3, -0.25) is 9.59 Å². The number of amides is 2. The highest BCUT2D eigenvalue weighted by Crippen LogP contribution is 2.25. The maximum atomic E-state index is 12.2. The minimum Gasteiger partial charge on any atom is -0.473 e. The van der Waals surface area contributed by atoms with Gasteiger partial charge in [0.05, 0.1) is 18.8 Å². The quantitative estimate of drug-likeness (QED) is 0.731. The van der Waals surface area contributed by atoms with Crippen LogP contribution in [-0.4, -0.2) is 60.7 Å². The van der Waals surface area contributed by atoms with Crippen molar-refractivity contribution in [3.05, 3.63) is 22.8 Å². The second kappa shape index (κ2) is 9.19. The highest BCUT2D eigenvalue weighted by Gasteiger charge is 2.20. The Labute approximate surface area is 158 Å². The lowest BCUT2D eigenvalue weighted by molar-refractivity contribution is -0.127. The smallest absolute Gasteiger partial charge is 0.252 e. The van der Waals surface area contributed by atoms with Crippen molar-refractivity contribution in [2.45, 2.75) is 38.2 Å². The molecule has 0 spiro atoms. The number of nitrogens with one attached hydrogen (secondary N) is 1. The molecule has 2 saturated heterocycles. The average Bonchev–Trinajstić information content (AvgIpc) is 3.06. The highest BCUT2D eigenvalue weighted by atomic mass is 35.5. The molecule has 3 heterocycles. The van der Waals surface area contributed by atoms with E-state index in [1.165, 1.54) is 6.20 Å². The van der Waals surface area contributed by atoms with Crippen LogP contribution in [0.2, 0.25) is 5.02 Å². The zero-order valence-electron chi connectivity index (χ0n) is 14.7. The van der Waals surface area contributed by atoms with Crippen molar-refractivity contribution < 1.29 is 19.1 Å². The summed E-state index contributed by atoms with van der Waals surface area (Å²) in [7, 11) is 0. The lowest BCUT2D eigenvalue weighted by Crippen LogP contribution is -2.30. The van der Waals surface area contributed by atoms with E-state index in [-0.39, 0.29) is 17.9 Å². The van der Waals surface area contributed by atoms with Gasteiger partial charge in [0.2, 0.25) is 11.8 Å². The summed E-state index contributed by atoms with van der Waals surface area (Å²) in [6.45, 7) is 3.34. The SMILES string of the molecule is O=C(NCCCN1CCCC1=O)c1cnc(OC2CCOCC2)c(Cl)c1. The number of carbonyl (C=O) groups excluding carboxylic acids is 2. The van der Waals surface area contributed by atoms with Crippen LogP contribution >= 0.6 is 11.6 Å². The Morgan fingerprint density at radius 1 is 1.42 bits per heavy atom. The average molecular weight is 382 g/mol. The molecule has 0 bridgehead atoms. The van der Waals surface area contributed by atoms with E-state index in [2.05, 4.69) is 10.3 Å². The van der Waals surface area contributed by atoms with E-state index in [0.717, 1.165) is 32.2 Å². The molecule has 0 radical (unpaired) electrons. The third-order valence-corrected chi connectivity index (χ3v) is 4.85. The van der Waals surface area contributed by atoms with E-state index in [9.17, 15) is 9.59 Å². The zero-order chi connectivity index (χ0) is 18.4. The molecule has 2 fully saturated rings. The normalized spacial score (nSPS) is 18.2. The summed E-state index contributed by atoms with van der Waals surface area (Å²) in [5.74, 6) is 0.319. The molecular formula is C18H24ClN3O4. The number of aromatic nitrogens is 1. The highest BCUT2D eigenvalue weighted by molar-refractivity contribution is 6.32. The molecule has 1 aromatic rings. The summed E-state index contributed by atoms with van der Waals surface area (Å²) >= 11 is 6.21. The summed E-state index contributed by atoms with van der Waals surface area (Å²) in [5, 5.41) is 3.16. The topological polar surface area (TPSA) is 80.8 Å². The number of ether oxygens (including phenoxy) is 2. The second-order valence-corrected chi connectivity index (χ2v) is 6.94. The molecule has 2 aliphatic heterocycles. The van der Waals surface area contributed by atoms with Crippen molar-refractivity contribution in [2.75, 3.05) is 32.8 Å². The molecule has 1 aromatic heterocycles. The number of halogens is 1. The van der Waals surface area contributed by atoms with Crippen molar-refractivity contribution in [3.63, 3.8) is 0 Å². The van der Waals surface area contributed by atoms with Gasteiger partial charge in [0, 0.05) is 45.1 Å². The van der Waals surface area contributed by atoms with E-state index in [4.69, 9.17) is 21.1 Å². The van der Waals surface area contributed by atoms with Gasteiger partial charge in [-0.25, -0.2) is 4.98 Å². The minimum absolute atomic E-state index is 0.0433. The molecule has 3 rings (SSSR count). The zero-order valence-corrected chi connectivity index (χ0v) is 15.5. The van der Waals surface area contributed by atoms with E-state index in [0.29, 0.717) is 49.2 Å². The van der Waals surface area contributed by atoms with Gasteiger partial charge in [-0.15, -0.1) is 0 Å². The lowest BCUT2D eigenvalue weighted by atomic mass is 10.1. The molecule has 8 heteroatoms. The van der Waals surface area contributed by atoms with Crippen LogP contribution in [0.15, 0.2) is 12.3 Å². The molecule has 0 atom stereocenters. The fourth-order valence-corrected chi connectivity index (χ4v) is 3.31. The Balaban J connectivity index is 1.45. The van der Waals surface area contributed by atoms with E-state index in [1.807, 2.05) is 4.90 Å². The number of hydrogen-bond donors (Lipinski definition) is 1. The minimum atomic E-state index is -0.232. The first-order chi connectivity index (χ1) is 12.6. The maximum Gasteiger partial charge on any atom is 0.252 e. The molecule has 0 saturated carbocycles. The predicted molar refractivity (Wildman–Crippen MR) is 96.5 cm³/mol. The molecule has 0 aromatic carbocycles. The number of likely N-dealkylation sites (tertiary alicyclic amines) is 1. The van der Waals surface area contributed by atoms with Gasteiger partial charge in [0.25, 0.3) is 5.91 Å². The van der Waals surface area contributed by atoms with Crippen LogP contribution in [0.5, 0.6) is 5.88 Å². The summed E-state index contributed by atoms with van der Waals surface area (Å²) in [6.07, 6.45) is 5.42. The van der Waals surface area contributed by atoms with Crippen molar-refractivity contribution in [1.29, 1.82) is 0 Å². The first-order valence-corrected chi connectivity index (χ1v) is 9.47. The first-order valence-electron chi connectivity index (χ1n) is 9.09. The number of pyridine rings is 1. The van der Waals surface area contributed by atoms with Crippen molar-refractivity contribution in [3.8, 4) is 5.88 Å². The summed E-state index contributed by atoms with van der Waals surface area (Å²) in [6, 6.07) is 1.57. The third kappa shape index (κ3) is 5.08. The van der Waals surface area contributed by atoms with Gasteiger partial charge in [0.1, 0.15) is 11.1 Å². The fraction of sp³-hybridized carbons (Fsp3) is 0.611. The van der Waals surface area contributed by atoms with Gasteiger partial charge < -0.3 is 19.7 Å². The van der Waals surface area contributed by atoms with Crippen LogP contribution in [0.4, 0.5) is 0 Å². The number of nitrogens with zero attached hydrogens (tertiary/aromatic N) is 2. The Morgan fingerprint density at radius 3 is 2.92 bits per heavy atom. The molecule has 0 aliphatic carbocycles. The van der Waals surface area contributed by atoms with Crippen molar-refractivity contribution >= 4 is 23.4 Å². The standard InChI is InChI=1S/C18H24ClN3O4/c19-15-11-13(12-21-18(15)26-14-4-9-25-10-5-14)17(24)20-6-2-8-22-7-1-3-16(22)23/h11-12,14H,1-10H2,(H,20,24). The molecule has 142 valence electrons. The summed E-state index contributed by atoms with van der Waals surface area (Å²) in [5.41, 5.74) is 0.395. The van der Waals surface area contributed by atoms with E-state index in [1.54, 1.807) is 6.07 Å². The lowest BCUT2D eigenvalue weighted by Gasteiger charge is -2.23. The van der Waals surface area contributed by atoms with Crippen molar-refractivity contribution in [2.24, 2.45) is 0 Å². The largest absolute Gasteiger partial charge is 0.473 e. The molecule has 26 heavy (non-hydrogen) atoms. The summed E-state index contributed by atoms with van der Waals surface area (Å²) in [4.78, 5) is 29.8. The van der Waals surface area contributed by atoms with Gasteiger partial charge in [-0.2, -0.15) is 0 Å². The molecule has 1 N–H and O–H groups in total. The Morgan fingerprint density at radius 2 is 2.23 bits per heavy atom. The number of rotatable bonds is 7. The Bertz CT molecular complexity index is 649. The van der Waals surface area contributed by atoms with Gasteiger partial charge in [0.15, 0.2) is 0 Å². The molecule has 0 unspecified atom stereocenters. The number of carbonyl (C=O) groups is 2. The third-order valence-electron chi connectivity index (χ3n) is 4.58. The van der Waals surface area contributed by atoms with Crippen LogP contribution in [0.25, 0.3) is 0 Å². The van der Waals surface area contributed by atoms with Crippen LogP contribution in [0.1, 0.15) is 42.5 Å². The van der Waals surface area contributed by atoms with E-state index >= 15 is 0 Å². The van der Waals surface area contributed by atoms with Gasteiger partial charge >= 0.3 is 0 Å². The van der Waals surface area contributed by atoms with Crippen LogP contribution in [0, 0.1) is 0 Å². The summed E-state index contributed by atoms with van der Waals surface area (Å²) < 4.78 is 11.1. The molecule has 7 nitrogen and oxygen atoms in total. The van der Waals surface area contributed by atoms with Crippen LogP contribution < -0.4 is 10.1 Å². The van der Waals surface area contributed by atoms with E-state index < -0.39 is 0 Å². The Hall–Kier alpha value is -1.86. The van der Waals surface area contributed by atoms with Gasteiger partial charge in [-0.1, -0.05) is 11.6 Å². The first kappa shape index (κ1) is 18.9.